The SMILES string of the molecule is CC1Cc2nc(NCC(F)F)c(N3CCC(Oc4ccc(F)cc4F)CC3)nc2CN1S(C)(=O)=O.O=C(O)C(F)(F)F. The van der Waals surface area contributed by atoms with Crippen molar-refractivity contribution in [2.45, 2.75) is 57.5 Å². The average Bonchev–Trinajstić information content (AvgIpc) is 2.88. The molecule has 1 aromatic carbocycles. The number of anilines is 2. The molecule has 10 nitrogen and oxygen atoms in total. The van der Waals surface area contributed by atoms with Gasteiger partial charge in [0.2, 0.25) is 10.0 Å². The summed E-state index contributed by atoms with van der Waals surface area (Å²) in [5.74, 6) is -3.69. The number of aliphatic carboxylic acids is 1. The highest BCUT2D eigenvalue weighted by atomic mass is 32.2. The molecule has 2 aromatic rings. The maximum atomic E-state index is 13.9. The zero-order valence-corrected chi connectivity index (χ0v) is 23.2. The second-order valence-corrected chi connectivity index (χ2v) is 11.5. The monoisotopic (exact) mass is 631 g/mol. The molecular formula is C24H28F7N5O5S. The lowest BCUT2D eigenvalue weighted by atomic mass is 10.1. The van der Waals surface area contributed by atoms with Crippen LogP contribution in [0.4, 0.5) is 42.4 Å². The summed E-state index contributed by atoms with van der Waals surface area (Å²) in [6, 6.07) is 2.79. The number of piperidine rings is 1. The van der Waals surface area contributed by atoms with Crippen LogP contribution >= 0.6 is 0 Å². The number of nitrogens with one attached hydrogen (secondary N) is 1. The number of carboxylic acids is 1. The lowest BCUT2D eigenvalue weighted by Crippen LogP contribution is -2.43. The van der Waals surface area contributed by atoms with Crippen LogP contribution in [0.3, 0.4) is 0 Å². The predicted molar refractivity (Wildman–Crippen MR) is 136 cm³/mol. The molecule has 1 atom stereocenters. The molecule has 1 unspecified atom stereocenters. The Morgan fingerprint density at radius 3 is 2.31 bits per heavy atom. The molecule has 2 aliphatic rings. The van der Waals surface area contributed by atoms with Crippen molar-refractivity contribution < 1.29 is 53.8 Å². The number of fused-ring (bicyclic) bond motifs is 1. The van der Waals surface area contributed by atoms with E-state index in [1.165, 1.54) is 10.4 Å². The highest BCUT2D eigenvalue weighted by Crippen LogP contribution is 2.32. The van der Waals surface area contributed by atoms with E-state index in [1.807, 2.05) is 4.90 Å². The smallest absolute Gasteiger partial charge is 0.487 e. The van der Waals surface area contributed by atoms with E-state index in [-0.39, 0.29) is 30.3 Å². The fourth-order valence-electron chi connectivity index (χ4n) is 4.36. The molecule has 1 saturated heterocycles. The van der Waals surface area contributed by atoms with E-state index in [2.05, 4.69) is 15.3 Å². The minimum absolute atomic E-state index is 0.0345. The highest BCUT2D eigenvalue weighted by Gasteiger charge is 2.38. The van der Waals surface area contributed by atoms with E-state index < -0.39 is 46.8 Å². The van der Waals surface area contributed by atoms with Crippen molar-refractivity contribution >= 4 is 27.6 Å². The van der Waals surface area contributed by atoms with Gasteiger partial charge in [-0.1, -0.05) is 0 Å². The number of carbonyl (C=O) groups is 1. The Kier molecular flexibility index (Phi) is 10.5. The molecule has 0 saturated carbocycles. The van der Waals surface area contributed by atoms with Crippen LogP contribution < -0.4 is 15.0 Å². The first-order valence-electron chi connectivity index (χ1n) is 12.5. The van der Waals surface area contributed by atoms with Crippen LogP contribution in [-0.2, 0) is 27.8 Å². The summed E-state index contributed by atoms with van der Waals surface area (Å²) in [5, 5.41) is 9.79. The molecule has 1 fully saturated rings. The Labute approximate surface area is 236 Å². The first-order chi connectivity index (χ1) is 19.5. The first-order valence-corrected chi connectivity index (χ1v) is 14.4. The lowest BCUT2D eigenvalue weighted by molar-refractivity contribution is -0.192. The van der Waals surface area contributed by atoms with Gasteiger partial charge in [0.05, 0.1) is 30.7 Å². The molecule has 42 heavy (non-hydrogen) atoms. The average molecular weight is 632 g/mol. The minimum atomic E-state index is -5.08. The van der Waals surface area contributed by atoms with Gasteiger partial charge in [0, 0.05) is 44.5 Å². The Balaban J connectivity index is 0.000000616. The fourth-order valence-corrected chi connectivity index (χ4v) is 5.45. The van der Waals surface area contributed by atoms with Crippen LogP contribution in [0.15, 0.2) is 18.2 Å². The Morgan fingerprint density at radius 2 is 1.79 bits per heavy atom. The number of rotatable bonds is 7. The number of hydrogen-bond donors (Lipinski definition) is 2. The maximum absolute atomic E-state index is 13.9. The van der Waals surface area contributed by atoms with E-state index in [9.17, 15) is 39.2 Å². The molecular weight excluding hydrogens is 603 g/mol. The summed E-state index contributed by atoms with van der Waals surface area (Å²) in [6.07, 6.45) is -5.58. The Morgan fingerprint density at radius 1 is 1.17 bits per heavy atom. The van der Waals surface area contributed by atoms with Gasteiger partial charge >= 0.3 is 12.1 Å². The van der Waals surface area contributed by atoms with Gasteiger partial charge in [0.15, 0.2) is 23.2 Å². The van der Waals surface area contributed by atoms with Gasteiger partial charge in [-0.25, -0.2) is 40.7 Å². The van der Waals surface area contributed by atoms with Gasteiger partial charge in [-0.15, -0.1) is 0 Å². The second kappa shape index (κ2) is 13.3. The molecule has 0 spiro atoms. The van der Waals surface area contributed by atoms with Crippen LogP contribution in [0.25, 0.3) is 0 Å². The first kappa shape index (κ1) is 33.1. The van der Waals surface area contributed by atoms with Crippen molar-refractivity contribution in [1.82, 2.24) is 14.3 Å². The predicted octanol–water partition coefficient (Wildman–Crippen LogP) is 3.82. The van der Waals surface area contributed by atoms with Crippen LogP contribution in [-0.4, -0.2) is 84.4 Å². The Bertz CT molecular complexity index is 1370. The van der Waals surface area contributed by atoms with Gasteiger partial charge < -0.3 is 20.1 Å². The standard InChI is InChI=1S/C22H27F4N5O3S.C2HF3O2/c1-13-9-17-18(12-31(13)35(2,32)33)29-22(21(28-17)27-11-20(25)26)30-7-5-15(6-8-30)34-19-4-3-14(23)10-16(19)24;3-2(4,5)1(6)7/h3-4,10,13,15,20H,5-9,11-12H2,1-2H3,(H,27,28);(H,6,7). The van der Waals surface area contributed by atoms with Gasteiger partial charge in [-0.05, 0) is 19.1 Å². The van der Waals surface area contributed by atoms with Crippen LogP contribution in [0.1, 0.15) is 31.2 Å². The summed E-state index contributed by atoms with van der Waals surface area (Å²) in [6.45, 7) is 2.07. The summed E-state index contributed by atoms with van der Waals surface area (Å²) in [4.78, 5) is 20.0. The molecule has 1 aromatic heterocycles. The number of halogens is 7. The lowest BCUT2D eigenvalue weighted by Gasteiger charge is -2.36. The number of benzene rings is 1. The third kappa shape index (κ3) is 8.80. The van der Waals surface area contributed by atoms with Crippen molar-refractivity contribution in [2.75, 3.05) is 36.1 Å². The van der Waals surface area contributed by atoms with E-state index in [0.717, 1.165) is 18.4 Å². The van der Waals surface area contributed by atoms with Gasteiger partial charge in [-0.2, -0.15) is 17.5 Å². The van der Waals surface area contributed by atoms with Crippen molar-refractivity contribution in [3.05, 3.63) is 41.2 Å². The fraction of sp³-hybridized carbons (Fsp3) is 0.542. The second-order valence-electron chi connectivity index (χ2n) is 9.60. The summed E-state index contributed by atoms with van der Waals surface area (Å²) >= 11 is 0. The maximum Gasteiger partial charge on any atom is 0.490 e. The third-order valence-corrected chi connectivity index (χ3v) is 7.68. The number of hydrogen-bond acceptors (Lipinski definition) is 8. The third-order valence-electron chi connectivity index (χ3n) is 6.34. The summed E-state index contributed by atoms with van der Waals surface area (Å²) < 4.78 is 116. The van der Waals surface area contributed by atoms with Crippen molar-refractivity contribution in [1.29, 1.82) is 0 Å². The number of carboxylic acid groups (broad SMARTS) is 1. The van der Waals surface area contributed by atoms with Crippen LogP contribution in [0.5, 0.6) is 5.75 Å². The zero-order valence-electron chi connectivity index (χ0n) is 22.3. The number of aromatic nitrogens is 2. The van der Waals surface area contributed by atoms with E-state index in [1.54, 1.807) is 6.92 Å². The van der Waals surface area contributed by atoms with Crippen molar-refractivity contribution in [3.63, 3.8) is 0 Å². The summed E-state index contributed by atoms with van der Waals surface area (Å²) in [5.41, 5.74) is 1.06. The Hall–Kier alpha value is -3.41. The minimum Gasteiger partial charge on any atom is -0.487 e. The number of sulfonamides is 1. The largest absolute Gasteiger partial charge is 0.490 e. The molecule has 3 heterocycles. The topological polar surface area (TPSA) is 125 Å². The number of alkyl halides is 5. The molecule has 234 valence electrons. The molecule has 4 rings (SSSR count). The molecule has 0 bridgehead atoms. The van der Waals surface area contributed by atoms with Crippen LogP contribution in [0.2, 0.25) is 0 Å². The highest BCUT2D eigenvalue weighted by molar-refractivity contribution is 7.88. The molecule has 0 aliphatic carbocycles. The van der Waals surface area contributed by atoms with Crippen LogP contribution in [0, 0.1) is 11.6 Å². The molecule has 2 N–H and O–H groups in total. The number of nitrogens with zero attached hydrogens (tertiary/aromatic N) is 4. The normalized spacial score (nSPS) is 18.2. The number of ether oxygens (including phenoxy) is 1. The summed E-state index contributed by atoms with van der Waals surface area (Å²) in [7, 11) is -3.46. The molecule has 0 amide bonds. The van der Waals surface area contributed by atoms with Gasteiger partial charge in [0.1, 0.15) is 11.9 Å². The molecule has 0 radical (unpaired) electrons. The zero-order chi connectivity index (χ0) is 31.4. The van der Waals surface area contributed by atoms with E-state index >= 15 is 0 Å². The van der Waals surface area contributed by atoms with E-state index in [4.69, 9.17) is 14.6 Å². The van der Waals surface area contributed by atoms with Gasteiger partial charge in [0.25, 0.3) is 6.43 Å². The van der Waals surface area contributed by atoms with Crippen molar-refractivity contribution in [2.24, 2.45) is 0 Å². The molecule has 18 heteroatoms. The van der Waals surface area contributed by atoms with E-state index in [0.29, 0.717) is 49.6 Å². The quantitative estimate of drug-likeness (QED) is 0.439. The molecule has 2 aliphatic heterocycles. The van der Waals surface area contributed by atoms with Gasteiger partial charge in [-0.3, -0.25) is 0 Å². The van der Waals surface area contributed by atoms with Crippen molar-refractivity contribution in [3.8, 4) is 5.75 Å².